The van der Waals surface area contributed by atoms with Crippen LogP contribution in [0.25, 0.3) is 17.0 Å². The van der Waals surface area contributed by atoms with Crippen LogP contribution in [0.4, 0.5) is 0 Å². The molecule has 0 bridgehead atoms. The van der Waals surface area contributed by atoms with Gasteiger partial charge in [-0.2, -0.15) is 35.4 Å². The topological polar surface area (TPSA) is 43.1 Å². The second-order valence-electron chi connectivity index (χ2n) is 3.09. The number of hydrogen-bond donors (Lipinski definition) is 0. The summed E-state index contributed by atoms with van der Waals surface area (Å²) < 4.78 is 1.71. The van der Waals surface area contributed by atoms with E-state index in [1.165, 1.54) is 0 Å². The Balaban J connectivity index is 0.000000722. The van der Waals surface area contributed by atoms with Crippen molar-refractivity contribution in [1.29, 1.82) is 0 Å². The minimum Gasteiger partial charge on any atom is -0.358 e. The molecule has 2 heterocycles. The Hall–Kier alpha value is -1.13. The van der Waals surface area contributed by atoms with E-state index in [1.54, 1.807) is 23.1 Å². The van der Waals surface area contributed by atoms with Crippen LogP contribution >= 0.6 is 0 Å². The Morgan fingerprint density at radius 3 is 2.82 bits per heavy atom. The predicted octanol–water partition coefficient (Wildman–Crippen LogP) is 2.04. The van der Waals surface area contributed by atoms with Crippen molar-refractivity contribution in [3.8, 4) is 11.3 Å². The third-order valence-electron chi connectivity index (χ3n) is 2.16. The Bertz CT molecular complexity index is 592. The van der Waals surface area contributed by atoms with Gasteiger partial charge in [0.1, 0.15) is 0 Å². The van der Waals surface area contributed by atoms with Gasteiger partial charge in [-0.15, -0.1) is 5.56 Å². The molecular formula is C12H10N4Y+. The van der Waals surface area contributed by atoms with E-state index < -0.39 is 0 Å². The van der Waals surface area contributed by atoms with Crippen LogP contribution in [-0.2, 0) is 32.7 Å². The Labute approximate surface area is 125 Å². The first-order chi connectivity index (χ1) is 7.45. The first-order valence-corrected chi connectivity index (χ1v) is 4.56. The molecule has 0 amide bonds. The van der Waals surface area contributed by atoms with Crippen LogP contribution in [0.15, 0.2) is 42.9 Å². The quantitative estimate of drug-likeness (QED) is 0.646. The van der Waals surface area contributed by atoms with E-state index >= 15 is 0 Å². The first kappa shape index (κ1) is 13.9. The van der Waals surface area contributed by atoms with Crippen molar-refractivity contribution in [2.75, 3.05) is 0 Å². The molecule has 0 radical (unpaired) electrons. The van der Waals surface area contributed by atoms with Gasteiger partial charge in [0.25, 0.3) is 0 Å². The van der Waals surface area contributed by atoms with Crippen molar-refractivity contribution in [2.45, 2.75) is 0 Å². The number of benzene rings is 1. The molecular weight excluding hydrogens is 289 g/mol. The largest absolute Gasteiger partial charge is 3.00 e. The van der Waals surface area contributed by atoms with Crippen molar-refractivity contribution in [1.82, 2.24) is 19.6 Å². The molecule has 3 aromatic rings. The third kappa shape index (κ3) is 2.59. The molecule has 2 aromatic heterocycles. The van der Waals surface area contributed by atoms with E-state index in [0.29, 0.717) is 5.78 Å². The summed E-state index contributed by atoms with van der Waals surface area (Å²) in [6.07, 6.45) is 5.03. The molecule has 0 aliphatic heterocycles. The van der Waals surface area contributed by atoms with E-state index in [0.717, 1.165) is 11.3 Å². The zero-order chi connectivity index (χ0) is 10.1. The summed E-state index contributed by atoms with van der Waals surface area (Å²) in [7, 11) is 0. The molecule has 80 valence electrons. The second kappa shape index (κ2) is 5.98. The SMILES string of the molecule is [CH3-].[Y+3].[c-]1cccc(-c2cnc3nccnn23)c1. The van der Waals surface area contributed by atoms with Crippen LogP contribution in [0.2, 0.25) is 0 Å². The van der Waals surface area contributed by atoms with Crippen molar-refractivity contribution >= 4 is 5.78 Å². The van der Waals surface area contributed by atoms with Gasteiger partial charge in [0.05, 0.1) is 12.4 Å². The number of aromatic nitrogens is 4. The average Bonchev–Trinajstić information content (AvgIpc) is 2.74. The van der Waals surface area contributed by atoms with Gasteiger partial charge < -0.3 is 7.43 Å². The fourth-order valence-electron chi connectivity index (χ4n) is 1.48. The molecule has 0 atom stereocenters. The maximum atomic E-state index is 4.20. The fraction of sp³-hybridized carbons (Fsp3) is 0. The minimum atomic E-state index is 0. The minimum absolute atomic E-state index is 0. The Kier molecular flexibility index (Phi) is 4.91. The van der Waals surface area contributed by atoms with Gasteiger partial charge in [0.2, 0.25) is 5.78 Å². The van der Waals surface area contributed by atoms with Crippen molar-refractivity contribution < 1.29 is 32.7 Å². The van der Waals surface area contributed by atoms with Crippen LogP contribution in [0.3, 0.4) is 0 Å². The number of nitrogens with zero attached hydrogens (tertiary/aromatic N) is 4. The molecule has 1 aromatic carbocycles. The van der Waals surface area contributed by atoms with Crippen molar-refractivity contribution in [2.24, 2.45) is 0 Å². The molecule has 4 nitrogen and oxygen atoms in total. The number of hydrogen-bond acceptors (Lipinski definition) is 3. The smallest absolute Gasteiger partial charge is 0.358 e. The van der Waals surface area contributed by atoms with Gasteiger partial charge in [-0.05, 0) is 0 Å². The summed E-state index contributed by atoms with van der Waals surface area (Å²) in [5.74, 6) is 0.608. The molecule has 0 unspecified atom stereocenters. The van der Waals surface area contributed by atoms with Gasteiger partial charge in [-0.1, -0.05) is 0 Å². The summed E-state index contributed by atoms with van der Waals surface area (Å²) in [5, 5.41) is 4.20. The maximum Gasteiger partial charge on any atom is 3.00 e. The monoisotopic (exact) mass is 299 g/mol. The van der Waals surface area contributed by atoms with Crippen LogP contribution in [-0.4, -0.2) is 19.6 Å². The maximum absolute atomic E-state index is 4.20. The summed E-state index contributed by atoms with van der Waals surface area (Å²) in [4.78, 5) is 8.28. The van der Waals surface area contributed by atoms with Gasteiger partial charge in [0.15, 0.2) is 0 Å². The Morgan fingerprint density at radius 1 is 1.18 bits per heavy atom. The van der Waals surface area contributed by atoms with E-state index in [-0.39, 0.29) is 40.1 Å². The number of rotatable bonds is 1. The second-order valence-corrected chi connectivity index (χ2v) is 3.09. The fourth-order valence-corrected chi connectivity index (χ4v) is 1.48. The van der Waals surface area contributed by atoms with Crippen LogP contribution in [0, 0.1) is 13.5 Å². The molecule has 0 saturated heterocycles. The zero-order valence-corrected chi connectivity index (χ0v) is 12.2. The molecule has 0 aliphatic rings. The molecule has 0 spiro atoms. The summed E-state index contributed by atoms with van der Waals surface area (Å²) in [6, 6.07) is 10.7. The molecule has 0 N–H and O–H groups in total. The molecule has 5 heteroatoms. The van der Waals surface area contributed by atoms with Crippen molar-refractivity contribution in [3.05, 3.63) is 56.3 Å². The van der Waals surface area contributed by atoms with E-state index in [1.807, 2.05) is 24.3 Å². The number of imidazole rings is 1. The van der Waals surface area contributed by atoms with Gasteiger partial charge in [-0.25, -0.2) is 14.5 Å². The van der Waals surface area contributed by atoms with Crippen LogP contribution < -0.4 is 0 Å². The van der Waals surface area contributed by atoms with Gasteiger partial charge in [-0.3, -0.25) is 0 Å². The zero-order valence-electron chi connectivity index (χ0n) is 9.41. The van der Waals surface area contributed by atoms with E-state index in [2.05, 4.69) is 21.1 Å². The molecule has 0 saturated carbocycles. The van der Waals surface area contributed by atoms with Crippen LogP contribution in [0.1, 0.15) is 0 Å². The standard InChI is InChI=1S/C11H7N4.CH3.Y/c1-2-4-9(5-3-1)10-8-13-11-12-6-7-14-15(10)11;;/h1-2,4-8H;1H3;/q2*-1;+3. The summed E-state index contributed by atoms with van der Waals surface area (Å²) in [6.45, 7) is 0. The molecule has 0 fully saturated rings. The van der Waals surface area contributed by atoms with E-state index in [9.17, 15) is 0 Å². The van der Waals surface area contributed by atoms with Gasteiger partial charge in [0, 0.05) is 11.9 Å². The molecule has 17 heavy (non-hydrogen) atoms. The van der Waals surface area contributed by atoms with Crippen molar-refractivity contribution in [3.63, 3.8) is 0 Å². The third-order valence-corrected chi connectivity index (χ3v) is 2.16. The van der Waals surface area contributed by atoms with Gasteiger partial charge >= 0.3 is 32.7 Å². The summed E-state index contributed by atoms with van der Waals surface area (Å²) >= 11 is 0. The predicted molar refractivity (Wildman–Crippen MR) is 61.5 cm³/mol. The molecule has 3 rings (SSSR count). The first-order valence-electron chi connectivity index (χ1n) is 4.56. The van der Waals surface area contributed by atoms with E-state index in [4.69, 9.17) is 0 Å². The Morgan fingerprint density at radius 2 is 2.06 bits per heavy atom. The summed E-state index contributed by atoms with van der Waals surface area (Å²) in [5.41, 5.74) is 1.96. The number of fused-ring (bicyclic) bond motifs is 1. The molecule has 0 aliphatic carbocycles. The normalized spacial score (nSPS) is 9.41. The van der Waals surface area contributed by atoms with Crippen LogP contribution in [0.5, 0.6) is 0 Å². The average molecular weight is 299 g/mol.